The minimum Gasteiger partial charge on any atom is -0.458 e. The molecule has 53 heavy (non-hydrogen) atoms. The third-order valence-corrected chi connectivity index (χ3v) is 12.8. The van der Waals surface area contributed by atoms with Gasteiger partial charge in [0.25, 0.3) is 0 Å². The number of hydrogen-bond acceptors (Lipinski definition) is 12. The van der Waals surface area contributed by atoms with Crippen molar-refractivity contribution in [3.63, 3.8) is 0 Å². The second-order valence-electron chi connectivity index (χ2n) is 16.0. The minimum absolute atomic E-state index is 0.0254. The maximum Gasteiger partial charge on any atom is 0.307 e. The van der Waals surface area contributed by atoms with E-state index < -0.39 is 55.1 Å². The van der Waals surface area contributed by atoms with Gasteiger partial charge in [-0.25, -0.2) is 0 Å². The maximum atomic E-state index is 14.6. The lowest BCUT2D eigenvalue weighted by molar-refractivity contribution is -0.319. The molecule has 3 aliphatic heterocycles. The van der Waals surface area contributed by atoms with Crippen LogP contribution in [0.2, 0.25) is 0 Å². The Labute approximate surface area is 314 Å². The molecule has 18 unspecified atom stereocenters. The number of methoxy groups -OCH3 is 3. The second-order valence-corrected chi connectivity index (χ2v) is 16.0. The number of carbonyl (C=O) groups excluding carboxylic acids is 2. The van der Waals surface area contributed by atoms with Gasteiger partial charge in [0.1, 0.15) is 24.4 Å². The van der Waals surface area contributed by atoms with E-state index in [0.717, 1.165) is 6.42 Å². The lowest BCUT2D eigenvalue weighted by atomic mass is 9.70. The van der Waals surface area contributed by atoms with Crippen molar-refractivity contribution in [3.8, 4) is 0 Å². The molecule has 0 aromatic carbocycles. The van der Waals surface area contributed by atoms with Crippen molar-refractivity contribution in [1.82, 2.24) is 0 Å². The van der Waals surface area contributed by atoms with Crippen molar-refractivity contribution in [2.45, 2.75) is 153 Å². The molecule has 6 rings (SSSR count). The van der Waals surface area contributed by atoms with Gasteiger partial charge < -0.3 is 48.1 Å². The van der Waals surface area contributed by atoms with Crippen LogP contribution in [0.25, 0.3) is 0 Å². The maximum absolute atomic E-state index is 14.6. The fraction of sp³-hybridized carbons (Fsp3) is 0.805. The molecule has 2 N–H and O–H groups in total. The molecular formula is C41H62O12. The molecule has 3 heterocycles. The number of cyclic esters (lactones) is 1. The van der Waals surface area contributed by atoms with E-state index in [9.17, 15) is 19.8 Å². The Morgan fingerprint density at radius 1 is 0.830 bits per heavy atom. The van der Waals surface area contributed by atoms with Crippen LogP contribution in [0.3, 0.4) is 0 Å². The van der Waals surface area contributed by atoms with E-state index in [-0.39, 0.29) is 72.2 Å². The SMILES string of the molecule is CCC=CC1CCCC(OC2CCC(O)C(C)O2)C(C)C(=O)C2=CC3C(C=CC4C(O)C(OC5OC(C)C(OC)C(OC)C5OC)CC43)C2CC(=O)O1. The van der Waals surface area contributed by atoms with Crippen LogP contribution in [0, 0.1) is 35.5 Å². The van der Waals surface area contributed by atoms with Gasteiger partial charge in [0.05, 0.1) is 43.0 Å². The number of aliphatic hydroxyl groups is 2. The highest BCUT2D eigenvalue weighted by Crippen LogP contribution is 2.54. The van der Waals surface area contributed by atoms with Crippen LogP contribution in [0.5, 0.6) is 0 Å². The van der Waals surface area contributed by atoms with Crippen molar-refractivity contribution < 1.29 is 57.7 Å². The zero-order valence-electron chi connectivity index (χ0n) is 32.4. The molecule has 12 nitrogen and oxygen atoms in total. The first-order valence-electron chi connectivity index (χ1n) is 19.9. The first kappa shape index (κ1) is 40.7. The Morgan fingerprint density at radius 3 is 2.26 bits per heavy atom. The zero-order valence-corrected chi connectivity index (χ0v) is 32.4. The Balaban J connectivity index is 1.25. The van der Waals surface area contributed by atoms with Crippen molar-refractivity contribution in [1.29, 1.82) is 0 Å². The Bertz CT molecular complexity index is 1350. The van der Waals surface area contributed by atoms with Gasteiger partial charge in [0, 0.05) is 45.5 Å². The third kappa shape index (κ3) is 8.56. The van der Waals surface area contributed by atoms with Crippen molar-refractivity contribution >= 4 is 11.8 Å². The predicted molar refractivity (Wildman–Crippen MR) is 193 cm³/mol. The highest BCUT2D eigenvalue weighted by atomic mass is 16.7. The van der Waals surface area contributed by atoms with Crippen molar-refractivity contribution in [3.05, 3.63) is 36.0 Å². The van der Waals surface area contributed by atoms with Gasteiger partial charge in [0.15, 0.2) is 18.4 Å². The fourth-order valence-corrected chi connectivity index (χ4v) is 9.83. The second kappa shape index (κ2) is 17.9. The van der Waals surface area contributed by atoms with E-state index in [1.807, 2.05) is 39.8 Å². The summed E-state index contributed by atoms with van der Waals surface area (Å²) < 4.78 is 48.7. The molecule has 3 aliphatic carbocycles. The number of carbonyl (C=O) groups is 2. The monoisotopic (exact) mass is 746 g/mol. The Kier molecular flexibility index (Phi) is 13.7. The van der Waals surface area contributed by atoms with E-state index >= 15 is 0 Å². The van der Waals surface area contributed by atoms with E-state index in [0.29, 0.717) is 44.1 Å². The van der Waals surface area contributed by atoms with E-state index in [2.05, 4.69) is 18.2 Å². The summed E-state index contributed by atoms with van der Waals surface area (Å²) in [7, 11) is 4.80. The number of hydrogen-bond donors (Lipinski definition) is 2. The molecule has 0 bridgehead atoms. The summed E-state index contributed by atoms with van der Waals surface area (Å²) in [6.45, 7) is 7.72. The molecule has 298 valence electrons. The summed E-state index contributed by atoms with van der Waals surface area (Å²) in [4.78, 5) is 28.2. The number of fused-ring (bicyclic) bond motifs is 5. The van der Waals surface area contributed by atoms with Crippen LogP contribution < -0.4 is 0 Å². The lowest BCUT2D eigenvalue weighted by Crippen LogP contribution is -2.60. The molecule has 0 radical (unpaired) electrons. The smallest absolute Gasteiger partial charge is 0.307 e. The number of ether oxygens (including phenoxy) is 8. The summed E-state index contributed by atoms with van der Waals surface area (Å²) in [5, 5.41) is 21.9. The first-order valence-corrected chi connectivity index (χ1v) is 19.9. The average Bonchev–Trinajstić information content (AvgIpc) is 3.66. The van der Waals surface area contributed by atoms with Crippen molar-refractivity contribution in [2.24, 2.45) is 35.5 Å². The zero-order chi connectivity index (χ0) is 38.0. The number of esters is 1. The van der Waals surface area contributed by atoms with Crippen LogP contribution in [-0.2, 0) is 47.5 Å². The molecule has 1 saturated carbocycles. The lowest BCUT2D eigenvalue weighted by Gasteiger charge is -2.44. The number of aliphatic hydroxyl groups excluding tert-OH is 2. The normalized spacial score (nSPS) is 46.5. The van der Waals surface area contributed by atoms with E-state index in [1.165, 1.54) is 0 Å². The summed E-state index contributed by atoms with van der Waals surface area (Å²) in [5.41, 5.74) is 0.634. The highest BCUT2D eigenvalue weighted by Gasteiger charge is 2.55. The molecule has 0 amide bonds. The summed E-state index contributed by atoms with van der Waals surface area (Å²) in [6.07, 6.45) is 8.67. The molecule has 0 aromatic rings. The number of Topliss-reactive ketones (excluding diaryl/α,β-unsaturated/α-hetero) is 1. The largest absolute Gasteiger partial charge is 0.458 e. The summed E-state index contributed by atoms with van der Waals surface area (Å²) in [5.74, 6) is -1.64. The fourth-order valence-electron chi connectivity index (χ4n) is 9.83. The minimum atomic E-state index is -0.806. The van der Waals surface area contributed by atoms with Crippen LogP contribution in [-0.4, -0.2) is 117 Å². The van der Waals surface area contributed by atoms with Crippen molar-refractivity contribution in [2.75, 3.05) is 21.3 Å². The molecule has 6 aliphatic rings. The van der Waals surface area contributed by atoms with Crippen LogP contribution in [0.15, 0.2) is 36.0 Å². The summed E-state index contributed by atoms with van der Waals surface area (Å²) >= 11 is 0. The number of allylic oxidation sites excluding steroid dienone is 4. The summed E-state index contributed by atoms with van der Waals surface area (Å²) in [6, 6.07) is 0. The van der Waals surface area contributed by atoms with Crippen LogP contribution in [0.1, 0.15) is 79.1 Å². The van der Waals surface area contributed by atoms with Crippen LogP contribution in [0.4, 0.5) is 0 Å². The van der Waals surface area contributed by atoms with E-state index in [1.54, 1.807) is 21.3 Å². The van der Waals surface area contributed by atoms with Gasteiger partial charge >= 0.3 is 5.97 Å². The van der Waals surface area contributed by atoms with Gasteiger partial charge in [-0.2, -0.15) is 0 Å². The molecule has 0 spiro atoms. The number of ketones is 1. The quantitative estimate of drug-likeness (QED) is 0.254. The first-order chi connectivity index (χ1) is 25.5. The molecule has 18 atom stereocenters. The van der Waals surface area contributed by atoms with Crippen LogP contribution >= 0.6 is 0 Å². The third-order valence-electron chi connectivity index (χ3n) is 12.8. The topological polar surface area (TPSA) is 148 Å². The van der Waals surface area contributed by atoms with Gasteiger partial charge in [-0.1, -0.05) is 38.2 Å². The molecule has 3 saturated heterocycles. The molecule has 0 aromatic heterocycles. The van der Waals surface area contributed by atoms with Gasteiger partial charge in [-0.05, 0) is 81.8 Å². The van der Waals surface area contributed by atoms with Gasteiger partial charge in [0.2, 0.25) is 0 Å². The van der Waals surface area contributed by atoms with E-state index in [4.69, 9.17) is 37.9 Å². The highest BCUT2D eigenvalue weighted by molar-refractivity contribution is 5.99. The Hall–Kier alpha value is -2.00. The average molecular weight is 747 g/mol. The standard InChI is InChI=1S/C41H62O12/c1-8-9-11-24-12-10-13-32(52-35-17-16-31(42)22(3)49-35)21(2)36(44)30-18-27-25(29(30)20-34(43)51-24)14-15-26-28(27)19-33(37(26)45)53-41-40(48-7)39(47-6)38(46-5)23(4)50-41/h9,11,14-15,18,21-29,31-33,35,37-42,45H,8,10,12-13,16-17,19-20H2,1-7H3. The molecular weight excluding hydrogens is 684 g/mol. The van der Waals surface area contributed by atoms with Gasteiger partial charge in [-0.3, -0.25) is 9.59 Å². The predicted octanol–water partition coefficient (Wildman–Crippen LogP) is 4.45. The number of rotatable bonds is 9. The molecule has 12 heteroatoms. The molecule has 4 fully saturated rings. The Morgan fingerprint density at radius 2 is 1.57 bits per heavy atom. The van der Waals surface area contributed by atoms with Gasteiger partial charge in [-0.15, -0.1) is 0 Å².